The van der Waals surface area contributed by atoms with Gasteiger partial charge in [0.2, 0.25) is 0 Å². The number of para-hydroxylation sites is 1. The third kappa shape index (κ3) is 3.53. The fourth-order valence-corrected chi connectivity index (χ4v) is 4.62. The minimum absolute atomic E-state index is 0.0234. The summed E-state index contributed by atoms with van der Waals surface area (Å²) in [6.45, 7) is 6.85. The van der Waals surface area contributed by atoms with Crippen LogP contribution in [0.25, 0.3) is 11.3 Å². The number of amides is 1. The van der Waals surface area contributed by atoms with Gasteiger partial charge in [-0.1, -0.05) is 19.1 Å². The Hall–Kier alpha value is -2.34. The molecule has 2 saturated heterocycles. The number of benzene rings is 1. The molecule has 1 amide bonds. The third-order valence-corrected chi connectivity index (χ3v) is 6.08. The van der Waals surface area contributed by atoms with Gasteiger partial charge in [-0.2, -0.15) is 5.10 Å². The van der Waals surface area contributed by atoms with E-state index in [9.17, 15) is 4.79 Å². The molecular weight excluding hydrogens is 352 g/mol. The summed E-state index contributed by atoms with van der Waals surface area (Å²) >= 11 is 0. The van der Waals surface area contributed by atoms with Crippen molar-refractivity contribution in [3.8, 4) is 17.0 Å². The van der Waals surface area contributed by atoms with Crippen molar-refractivity contribution in [3.05, 3.63) is 36.0 Å². The van der Waals surface area contributed by atoms with Crippen LogP contribution in [0.4, 0.5) is 0 Å². The standard InChI is InChI=1S/C22H30N4O2/c1-3-14-28-19-9-5-4-8-16(19)17-15-18(25-24-17)21(27)26-13-7-11-22(2)20(26)10-6-12-23-22/h4-5,8-9,15,20,23H,3,6-7,10-14H2,1-2H3,(H,24,25)/t20-,22+/m1/s1. The molecule has 0 saturated carbocycles. The first-order valence-electron chi connectivity index (χ1n) is 10.5. The van der Waals surface area contributed by atoms with E-state index in [4.69, 9.17) is 4.74 Å². The molecule has 150 valence electrons. The zero-order valence-electron chi connectivity index (χ0n) is 16.8. The molecule has 0 unspecified atom stereocenters. The van der Waals surface area contributed by atoms with E-state index >= 15 is 0 Å². The van der Waals surface area contributed by atoms with Gasteiger partial charge in [0, 0.05) is 23.7 Å². The van der Waals surface area contributed by atoms with Crippen LogP contribution in [0.15, 0.2) is 30.3 Å². The van der Waals surface area contributed by atoms with Gasteiger partial charge in [-0.05, 0) is 63.8 Å². The van der Waals surface area contributed by atoms with E-state index in [1.807, 2.05) is 35.2 Å². The molecule has 1 aromatic heterocycles. The monoisotopic (exact) mass is 382 g/mol. The van der Waals surface area contributed by atoms with Gasteiger partial charge < -0.3 is 15.0 Å². The van der Waals surface area contributed by atoms with E-state index in [2.05, 4.69) is 29.4 Å². The van der Waals surface area contributed by atoms with Crippen molar-refractivity contribution in [1.82, 2.24) is 20.4 Å². The van der Waals surface area contributed by atoms with Crippen LogP contribution < -0.4 is 10.1 Å². The second kappa shape index (κ2) is 7.95. The van der Waals surface area contributed by atoms with E-state index in [1.54, 1.807) is 0 Å². The predicted molar refractivity (Wildman–Crippen MR) is 110 cm³/mol. The lowest BCUT2D eigenvalue weighted by molar-refractivity contribution is 0.0249. The fourth-order valence-electron chi connectivity index (χ4n) is 4.62. The van der Waals surface area contributed by atoms with E-state index in [0.29, 0.717) is 12.3 Å². The summed E-state index contributed by atoms with van der Waals surface area (Å²) in [5, 5.41) is 11.1. The predicted octanol–water partition coefficient (Wildman–Crippen LogP) is 3.61. The Bertz CT molecular complexity index is 829. The van der Waals surface area contributed by atoms with Crippen molar-refractivity contribution in [1.29, 1.82) is 0 Å². The van der Waals surface area contributed by atoms with Crippen molar-refractivity contribution in [2.24, 2.45) is 0 Å². The number of hydrogen-bond acceptors (Lipinski definition) is 4. The molecule has 6 nitrogen and oxygen atoms in total. The summed E-state index contributed by atoms with van der Waals surface area (Å²) in [7, 11) is 0. The van der Waals surface area contributed by atoms with Crippen molar-refractivity contribution >= 4 is 5.91 Å². The van der Waals surface area contributed by atoms with Crippen molar-refractivity contribution in [2.75, 3.05) is 19.7 Å². The highest BCUT2D eigenvalue weighted by molar-refractivity contribution is 5.94. The van der Waals surface area contributed by atoms with Gasteiger partial charge in [0.05, 0.1) is 12.3 Å². The molecule has 2 aromatic rings. The lowest BCUT2D eigenvalue weighted by Gasteiger charge is -2.51. The van der Waals surface area contributed by atoms with Crippen molar-refractivity contribution < 1.29 is 9.53 Å². The topological polar surface area (TPSA) is 70.2 Å². The number of piperidine rings is 2. The molecular formula is C22H30N4O2. The number of rotatable bonds is 5. The zero-order chi connectivity index (χ0) is 19.6. The van der Waals surface area contributed by atoms with Crippen LogP contribution in [0.2, 0.25) is 0 Å². The maximum absolute atomic E-state index is 13.3. The lowest BCUT2D eigenvalue weighted by atomic mass is 9.77. The minimum Gasteiger partial charge on any atom is -0.493 e. The summed E-state index contributed by atoms with van der Waals surface area (Å²) in [6, 6.07) is 9.96. The number of hydrogen-bond donors (Lipinski definition) is 2. The summed E-state index contributed by atoms with van der Waals surface area (Å²) in [4.78, 5) is 15.3. The number of nitrogens with zero attached hydrogens (tertiary/aromatic N) is 2. The summed E-state index contributed by atoms with van der Waals surface area (Å²) < 4.78 is 5.85. The Morgan fingerprint density at radius 3 is 3.07 bits per heavy atom. The molecule has 6 heteroatoms. The van der Waals surface area contributed by atoms with Crippen LogP contribution in [0, 0.1) is 0 Å². The first-order valence-corrected chi connectivity index (χ1v) is 10.5. The van der Waals surface area contributed by atoms with Crippen LogP contribution in [-0.4, -0.2) is 52.3 Å². The maximum atomic E-state index is 13.3. The number of carbonyl (C=O) groups excluding carboxylic acids is 1. The highest BCUT2D eigenvalue weighted by Gasteiger charge is 2.44. The van der Waals surface area contributed by atoms with Gasteiger partial charge in [-0.3, -0.25) is 9.89 Å². The van der Waals surface area contributed by atoms with Gasteiger partial charge in [-0.15, -0.1) is 0 Å². The second-order valence-corrected chi connectivity index (χ2v) is 8.12. The second-order valence-electron chi connectivity index (χ2n) is 8.12. The molecule has 2 aliphatic heterocycles. The Balaban J connectivity index is 1.57. The molecule has 1 aromatic carbocycles. The van der Waals surface area contributed by atoms with Crippen LogP contribution in [0.1, 0.15) is 56.4 Å². The highest BCUT2D eigenvalue weighted by atomic mass is 16.5. The molecule has 2 aliphatic rings. The first-order chi connectivity index (χ1) is 13.6. The van der Waals surface area contributed by atoms with Gasteiger partial charge in [-0.25, -0.2) is 0 Å². The molecule has 0 aliphatic carbocycles. The first kappa shape index (κ1) is 19.0. The largest absolute Gasteiger partial charge is 0.493 e. The maximum Gasteiger partial charge on any atom is 0.272 e. The quantitative estimate of drug-likeness (QED) is 0.829. The molecule has 0 spiro atoms. The number of H-pyrrole nitrogens is 1. The Kier molecular flexibility index (Phi) is 5.40. The summed E-state index contributed by atoms with van der Waals surface area (Å²) in [6.07, 6.45) is 5.27. The Morgan fingerprint density at radius 2 is 2.21 bits per heavy atom. The molecule has 2 atom stereocenters. The van der Waals surface area contributed by atoms with Gasteiger partial charge in [0.1, 0.15) is 11.4 Å². The SMILES string of the molecule is CCCOc1ccccc1-c1cc(C(=O)N2CCC[C@]3(C)NCCC[C@@H]23)[nH]n1. The number of ether oxygens (including phenoxy) is 1. The number of likely N-dealkylation sites (tertiary alicyclic amines) is 1. The number of fused-ring (bicyclic) bond motifs is 1. The van der Waals surface area contributed by atoms with Crippen LogP contribution in [-0.2, 0) is 0 Å². The third-order valence-electron chi connectivity index (χ3n) is 6.08. The molecule has 4 rings (SSSR count). The summed E-state index contributed by atoms with van der Waals surface area (Å²) in [5.41, 5.74) is 2.23. The van der Waals surface area contributed by atoms with Gasteiger partial charge >= 0.3 is 0 Å². The molecule has 0 bridgehead atoms. The van der Waals surface area contributed by atoms with Crippen LogP contribution in [0.3, 0.4) is 0 Å². The number of aromatic amines is 1. The molecule has 2 N–H and O–H groups in total. The van der Waals surface area contributed by atoms with Crippen LogP contribution >= 0.6 is 0 Å². The molecule has 28 heavy (non-hydrogen) atoms. The van der Waals surface area contributed by atoms with Crippen molar-refractivity contribution in [3.63, 3.8) is 0 Å². The van der Waals surface area contributed by atoms with E-state index in [-0.39, 0.29) is 17.5 Å². The van der Waals surface area contributed by atoms with Gasteiger partial charge in [0.15, 0.2) is 0 Å². The Labute approximate surface area is 166 Å². The average molecular weight is 383 g/mol. The fraction of sp³-hybridized carbons (Fsp3) is 0.545. The highest BCUT2D eigenvalue weighted by Crippen LogP contribution is 2.34. The van der Waals surface area contributed by atoms with Gasteiger partial charge in [0.25, 0.3) is 5.91 Å². The number of carbonyl (C=O) groups is 1. The molecule has 2 fully saturated rings. The smallest absolute Gasteiger partial charge is 0.272 e. The molecule has 3 heterocycles. The normalized spacial score (nSPS) is 24.6. The number of aromatic nitrogens is 2. The van der Waals surface area contributed by atoms with E-state index < -0.39 is 0 Å². The average Bonchev–Trinajstić information content (AvgIpc) is 3.21. The zero-order valence-corrected chi connectivity index (χ0v) is 16.8. The van der Waals surface area contributed by atoms with Crippen molar-refractivity contribution in [2.45, 2.75) is 57.5 Å². The number of nitrogens with one attached hydrogen (secondary N) is 2. The Morgan fingerprint density at radius 1 is 1.36 bits per heavy atom. The summed E-state index contributed by atoms with van der Waals surface area (Å²) in [5.74, 6) is 0.849. The van der Waals surface area contributed by atoms with E-state index in [0.717, 1.165) is 62.2 Å². The minimum atomic E-state index is 0.0234. The van der Waals surface area contributed by atoms with E-state index in [1.165, 1.54) is 0 Å². The molecule has 0 radical (unpaired) electrons. The van der Waals surface area contributed by atoms with Crippen LogP contribution in [0.5, 0.6) is 5.75 Å². The lowest BCUT2D eigenvalue weighted by Crippen LogP contribution is -2.65.